The summed E-state index contributed by atoms with van der Waals surface area (Å²) in [6, 6.07) is 5.06. The number of carbonyl (C=O) groups excluding carboxylic acids is 1. The van der Waals surface area contributed by atoms with E-state index < -0.39 is 16.9 Å². The lowest BCUT2D eigenvalue weighted by Crippen LogP contribution is -2.26. The third-order valence-electron chi connectivity index (χ3n) is 2.96. The second-order valence-corrected chi connectivity index (χ2v) is 4.52. The van der Waals surface area contributed by atoms with Gasteiger partial charge in [-0.25, -0.2) is 14.8 Å². The van der Waals surface area contributed by atoms with Crippen molar-refractivity contribution >= 4 is 29.6 Å². The summed E-state index contributed by atoms with van der Waals surface area (Å²) in [6.45, 7) is -0.199. The van der Waals surface area contributed by atoms with Gasteiger partial charge in [-0.15, -0.1) is 0 Å². The molecule has 9 heteroatoms. The molecule has 0 fully saturated rings. The van der Waals surface area contributed by atoms with Crippen LogP contribution in [0.4, 0.5) is 10.5 Å². The molecule has 0 aliphatic carbocycles. The number of nitrogens with zero attached hydrogens (tertiary/aromatic N) is 4. The molecule has 0 bridgehead atoms. The summed E-state index contributed by atoms with van der Waals surface area (Å²) < 4.78 is 5.46. The number of urea groups is 1. The summed E-state index contributed by atoms with van der Waals surface area (Å²) in [5, 5.41) is 26.3. The third-order valence-corrected chi connectivity index (χ3v) is 2.96. The average molecular weight is 312 g/mol. The fourth-order valence-electron chi connectivity index (χ4n) is 1.87. The molecule has 3 rings (SSSR count). The van der Waals surface area contributed by atoms with Crippen LogP contribution >= 0.6 is 0 Å². The number of hydrazone groups is 1. The Hall–Kier alpha value is -3.58. The number of carbonyl (C=O) groups is 1. The first-order chi connectivity index (χ1) is 11.0. The Labute approximate surface area is 129 Å². The number of hydrogen-bond donors (Lipinski definition) is 0. The quantitative estimate of drug-likeness (QED) is 0.353. The van der Waals surface area contributed by atoms with E-state index in [9.17, 15) is 20.0 Å². The predicted octanol–water partition coefficient (Wildman–Crippen LogP) is 0.833. The first-order valence-corrected chi connectivity index (χ1v) is 6.39. The van der Waals surface area contributed by atoms with Crippen LogP contribution < -0.4 is 5.11 Å². The first kappa shape index (κ1) is 14.4. The van der Waals surface area contributed by atoms with Gasteiger partial charge in [0.25, 0.3) is 11.4 Å². The third kappa shape index (κ3) is 3.04. The smallest absolute Gasteiger partial charge is 0.363 e. The maximum absolute atomic E-state index is 11.3. The van der Waals surface area contributed by atoms with Crippen LogP contribution in [0.25, 0.3) is 5.76 Å². The van der Waals surface area contributed by atoms with Crippen LogP contribution in [-0.4, -0.2) is 34.6 Å². The van der Waals surface area contributed by atoms with Gasteiger partial charge in [0.2, 0.25) is 0 Å². The number of non-ortho nitro benzene ring substituents is 1. The molecule has 9 nitrogen and oxygen atoms in total. The average Bonchev–Trinajstić information content (AvgIpc) is 3.11. The molecule has 2 amide bonds. The van der Waals surface area contributed by atoms with Gasteiger partial charge in [0.15, 0.2) is 6.08 Å². The number of ether oxygens (including phenoxy) is 1. The number of nitro benzene ring substituents is 1. The SMILES string of the molecule is O=C1N=C([O-])CN1/N=C/C1=C[C+]=C(c2ccc([N+](=O)[O-])cc2)O1. The van der Waals surface area contributed by atoms with Gasteiger partial charge >= 0.3 is 11.8 Å². The Morgan fingerprint density at radius 2 is 2.13 bits per heavy atom. The summed E-state index contributed by atoms with van der Waals surface area (Å²) in [4.78, 5) is 24.6. The molecule has 0 spiro atoms. The minimum Gasteiger partial charge on any atom is -0.860 e. The first-order valence-electron chi connectivity index (χ1n) is 6.39. The van der Waals surface area contributed by atoms with Gasteiger partial charge in [-0.2, -0.15) is 5.10 Å². The normalized spacial score (nSPS) is 16.8. The zero-order chi connectivity index (χ0) is 16.4. The number of benzene rings is 1. The van der Waals surface area contributed by atoms with Gasteiger partial charge < -0.3 is 9.84 Å². The lowest BCUT2D eigenvalue weighted by Gasteiger charge is -2.07. The molecule has 2 aliphatic rings. The molecule has 23 heavy (non-hydrogen) atoms. The number of allylic oxidation sites excluding steroid dienone is 3. The van der Waals surface area contributed by atoms with Crippen molar-refractivity contribution in [3.63, 3.8) is 0 Å². The largest absolute Gasteiger partial charge is 0.860 e. The molecule has 0 unspecified atom stereocenters. The number of rotatable bonds is 4. The second-order valence-electron chi connectivity index (χ2n) is 4.52. The predicted molar refractivity (Wildman–Crippen MR) is 76.9 cm³/mol. The molecule has 114 valence electrons. The van der Waals surface area contributed by atoms with E-state index in [0.29, 0.717) is 17.1 Å². The van der Waals surface area contributed by atoms with Crippen LogP contribution in [0.15, 0.2) is 46.2 Å². The van der Waals surface area contributed by atoms with Crippen molar-refractivity contribution in [3.8, 4) is 0 Å². The Morgan fingerprint density at radius 3 is 2.74 bits per heavy atom. The Bertz CT molecular complexity index is 792. The molecule has 1 aromatic carbocycles. The van der Waals surface area contributed by atoms with E-state index in [1.165, 1.54) is 36.6 Å². The minimum atomic E-state index is -0.725. The second kappa shape index (κ2) is 5.66. The highest BCUT2D eigenvalue weighted by Gasteiger charge is 2.24. The maximum Gasteiger partial charge on any atom is 0.363 e. The molecule has 2 heterocycles. The van der Waals surface area contributed by atoms with Gasteiger partial charge in [0.1, 0.15) is 11.8 Å². The lowest BCUT2D eigenvalue weighted by molar-refractivity contribution is -0.384. The molecule has 0 radical (unpaired) electrons. The van der Waals surface area contributed by atoms with Crippen LogP contribution in [-0.2, 0) is 4.74 Å². The van der Waals surface area contributed by atoms with E-state index in [0.717, 1.165) is 5.01 Å². The molecule has 0 N–H and O–H groups in total. The Balaban J connectivity index is 1.61. The van der Waals surface area contributed by atoms with Crippen molar-refractivity contribution in [2.24, 2.45) is 10.1 Å². The molecular weight excluding hydrogens is 304 g/mol. The molecule has 0 aromatic heterocycles. The fraction of sp³-hybridized carbons (Fsp3) is 0.0714. The molecular formula is C14H8N4O5. The zero-order valence-electron chi connectivity index (χ0n) is 11.5. The van der Waals surface area contributed by atoms with Crippen molar-refractivity contribution in [3.05, 3.63) is 57.9 Å². The molecule has 0 saturated heterocycles. The van der Waals surface area contributed by atoms with Crippen LogP contribution in [0.1, 0.15) is 5.56 Å². The van der Waals surface area contributed by atoms with E-state index >= 15 is 0 Å². The minimum absolute atomic E-state index is 0.0249. The fourth-order valence-corrected chi connectivity index (χ4v) is 1.87. The molecule has 0 saturated carbocycles. The van der Waals surface area contributed by atoms with E-state index in [4.69, 9.17) is 4.74 Å². The number of hydrogen-bond acceptors (Lipinski definition) is 6. The van der Waals surface area contributed by atoms with Crippen LogP contribution in [0, 0.1) is 16.2 Å². The highest BCUT2D eigenvalue weighted by molar-refractivity contribution is 5.96. The van der Waals surface area contributed by atoms with Crippen molar-refractivity contribution in [2.45, 2.75) is 0 Å². The summed E-state index contributed by atoms with van der Waals surface area (Å²) in [5.41, 5.74) is 0.584. The standard InChI is InChI=1S/C14H8N4O5/c19-13-8-17(14(20)16-13)15-7-11-5-6-12(23-11)9-1-3-10(4-2-9)18(21)22/h1-5,7H,8H2/b15-7+. The van der Waals surface area contributed by atoms with E-state index in [1.54, 1.807) is 0 Å². The molecule has 1 aromatic rings. The van der Waals surface area contributed by atoms with Crippen LogP contribution in [0.3, 0.4) is 0 Å². The summed E-state index contributed by atoms with van der Waals surface area (Å²) >= 11 is 0. The Morgan fingerprint density at radius 1 is 1.39 bits per heavy atom. The van der Waals surface area contributed by atoms with Crippen LogP contribution in [0.2, 0.25) is 0 Å². The van der Waals surface area contributed by atoms with Crippen molar-refractivity contribution in [1.29, 1.82) is 0 Å². The van der Waals surface area contributed by atoms with Crippen LogP contribution in [0.5, 0.6) is 0 Å². The van der Waals surface area contributed by atoms with Crippen molar-refractivity contribution in [1.82, 2.24) is 5.01 Å². The van der Waals surface area contributed by atoms with Crippen molar-refractivity contribution < 1.29 is 19.6 Å². The summed E-state index contributed by atoms with van der Waals surface area (Å²) in [6.07, 6.45) is 5.61. The lowest BCUT2D eigenvalue weighted by atomic mass is 10.1. The maximum atomic E-state index is 11.3. The summed E-state index contributed by atoms with van der Waals surface area (Å²) in [5.74, 6) is 0.130. The molecule has 0 atom stereocenters. The van der Waals surface area contributed by atoms with Gasteiger partial charge in [-0.3, -0.25) is 10.1 Å². The van der Waals surface area contributed by atoms with E-state index in [1.807, 2.05) is 0 Å². The highest BCUT2D eigenvalue weighted by Crippen LogP contribution is 2.25. The van der Waals surface area contributed by atoms with Gasteiger partial charge in [0, 0.05) is 24.3 Å². The monoisotopic (exact) mass is 312 g/mol. The topological polar surface area (TPSA) is 120 Å². The zero-order valence-corrected chi connectivity index (χ0v) is 11.5. The van der Waals surface area contributed by atoms with Gasteiger partial charge in [-0.05, 0) is 5.90 Å². The Kier molecular flexibility index (Phi) is 3.54. The number of amides is 2. The van der Waals surface area contributed by atoms with Gasteiger partial charge in [-0.1, -0.05) is 0 Å². The van der Waals surface area contributed by atoms with E-state index in [-0.39, 0.29) is 12.2 Å². The summed E-state index contributed by atoms with van der Waals surface area (Å²) in [7, 11) is 0. The van der Waals surface area contributed by atoms with Gasteiger partial charge in [0.05, 0.1) is 17.5 Å². The van der Waals surface area contributed by atoms with Crippen molar-refractivity contribution in [2.75, 3.05) is 6.54 Å². The van der Waals surface area contributed by atoms with E-state index in [2.05, 4.69) is 16.2 Å². The highest BCUT2D eigenvalue weighted by atomic mass is 16.6. The molecule has 2 aliphatic heterocycles. The number of nitro groups is 1. The number of aliphatic imine (C=N–C) groups is 1.